The predicted octanol–water partition coefficient (Wildman–Crippen LogP) is 15.5. The fraction of sp³-hybridized carbons (Fsp3) is 1.00. The summed E-state index contributed by atoms with van der Waals surface area (Å²) in [4.78, 5) is 10.1. The normalized spacial score (nSPS) is 23.2. The molecule has 0 aromatic rings. The summed E-state index contributed by atoms with van der Waals surface area (Å²) in [6.07, 6.45) is 44.0. The molecule has 0 N–H and O–H groups in total. The Hall–Kier alpha value is -0.160. The number of rotatable bonds is 7. The summed E-state index contributed by atoms with van der Waals surface area (Å²) < 4.78 is 0. The molecule has 0 atom stereocenters. The van der Waals surface area contributed by atoms with Crippen LogP contribution in [0.2, 0.25) is 0 Å². The van der Waals surface area contributed by atoms with Gasteiger partial charge >= 0.3 is 0 Å². The molecule has 3 aliphatic carbocycles. The zero-order chi connectivity index (χ0) is 40.7. The average molecular weight is 806 g/mol. The third-order valence-electron chi connectivity index (χ3n) is 14.5. The van der Waals surface area contributed by atoms with E-state index < -0.39 is 0 Å². The van der Waals surface area contributed by atoms with Gasteiger partial charge in [-0.25, -0.2) is 0 Å². The van der Waals surface area contributed by atoms with Crippen LogP contribution < -0.4 is 0 Å². The van der Waals surface area contributed by atoms with Crippen molar-refractivity contribution in [2.24, 2.45) is 17.8 Å². The molecule has 0 aromatic heterocycles. The fourth-order valence-electron chi connectivity index (χ4n) is 9.89. The first-order chi connectivity index (χ1) is 27.5. The summed E-state index contributed by atoms with van der Waals surface area (Å²) >= 11 is 0. The van der Waals surface area contributed by atoms with Gasteiger partial charge in [-0.3, -0.25) is 0 Å². The highest BCUT2D eigenvalue weighted by Gasteiger charge is 2.12. The van der Waals surface area contributed by atoms with Crippen LogP contribution in [0.3, 0.4) is 0 Å². The molecule has 57 heavy (non-hydrogen) atoms. The van der Waals surface area contributed by atoms with Gasteiger partial charge < -0.3 is 19.6 Å². The smallest absolute Gasteiger partial charge is 0.00188 e. The molecule has 7 aliphatic rings. The summed E-state index contributed by atoms with van der Waals surface area (Å²) in [7, 11) is 0. The van der Waals surface area contributed by atoms with Crippen LogP contribution in [0.1, 0.15) is 249 Å². The van der Waals surface area contributed by atoms with Crippen LogP contribution in [0.5, 0.6) is 0 Å². The summed E-state index contributed by atoms with van der Waals surface area (Å²) in [5.41, 5.74) is 0. The highest BCUT2D eigenvalue weighted by Crippen LogP contribution is 2.27. The molecule has 4 nitrogen and oxygen atoms in total. The van der Waals surface area contributed by atoms with E-state index in [1.165, 1.54) is 271 Å². The minimum absolute atomic E-state index is 0. The van der Waals surface area contributed by atoms with Gasteiger partial charge in [-0.15, -0.1) is 0 Å². The first kappa shape index (κ1) is 56.8. The molecule has 0 amide bonds. The van der Waals surface area contributed by atoms with Gasteiger partial charge in [0.05, 0.1) is 0 Å². The molecule has 4 heteroatoms. The van der Waals surface area contributed by atoms with Crippen LogP contribution >= 0.6 is 0 Å². The second-order valence-electron chi connectivity index (χ2n) is 18.7. The largest absolute Gasteiger partial charge is 0.304 e. The van der Waals surface area contributed by atoms with Crippen molar-refractivity contribution in [1.29, 1.82) is 0 Å². The summed E-state index contributed by atoms with van der Waals surface area (Å²) in [6, 6.07) is 0. The van der Waals surface area contributed by atoms with E-state index in [9.17, 15) is 0 Å². The molecule has 0 radical (unpaired) electrons. The minimum Gasteiger partial charge on any atom is -0.304 e. The van der Waals surface area contributed by atoms with E-state index in [2.05, 4.69) is 68.1 Å². The Morgan fingerprint density at radius 2 is 0.404 bits per heavy atom. The highest BCUT2D eigenvalue weighted by molar-refractivity contribution is 4.66. The Labute approximate surface area is 363 Å². The lowest BCUT2D eigenvalue weighted by atomic mass is 9.88. The molecule has 3 saturated carbocycles. The van der Waals surface area contributed by atoms with Crippen LogP contribution in [-0.4, -0.2) is 98.1 Å². The van der Waals surface area contributed by atoms with Crippen LogP contribution in [0.4, 0.5) is 0 Å². The zero-order valence-corrected chi connectivity index (χ0v) is 40.2. The molecule has 4 heterocycles. The second kappa shape index (κ2) is 42.5. The van der Waals surface area contributed by atoms with Crippen molar-refractivity contribution in [2.75, 3.05) is 78.5 Å². The van der Waals surface area contributed by atoms with Gasteiger partial charge in [0.15, 0.2) is 0 Å². The van der Waals surface area contributed by atoms with Gasteiger partial charge in [-0.1, -0.05) is 197 Å². The summed E-state index contributed by atoms with van der Waals surface area (Å²) in [5.74, 6) is 3.26. The van der Waals surface area contributed by atoms with Gasteiger partial charge in [0.25, 0.3) is 0 Å². The maximum absolute atomic E-state index is 2.52. The lowest BCUT2D eigenvalue weighted by Crippen LogP contribution is -2.29. The molecular formula is C53H112N4. The first-order valence-electron chi connectivity index (χ1n) is 26.4. The number of hydrogen-bond donors (Lipinski definition) is 0. The quantitative estimate of drug-likeness (QED) is 0.254. The van der Waals surface area contributed by atoms with Gasteiger partial charge in [-0.05, 0) is 148 Å². The molecule has 344 valence electrons. The van der Waals surface area contributed by atoms with E-state index in [1.807, 2.05) is 0 Å². The van der Waals surface area contributed by atoms with Crippen molar-refractivity contribution in [3.8, 4) is 0 Å². The standard InChI is InChI=1S/3C8H16.4C7H15N.CH4/c7*1-2-8-6-4-3-5-7-8;/h3*8H,2-7H2,1H3;4*2-7H2,1H3;1H4. The average Bonchev–Trinajstić information content (AvgIpc) is 3.32. The first-order valence-corrected chi connectivity index (χ1v) is 26.4. The topological polar surface area (TPSA) is 13.0 Å². The van der Waals surface area contributed by atoms with Crippen molar-refractivity contribution >= 4 is 0 Å². The zero-order valence-electron chi connectivity index (χ0n) is 40.2. The second-order valence-corrected chi connectivity index (χ2v) is 18.7. The minimum atomic E-state index is 0. The van der Waals surface area contributed by atoms with Gasteiger partial charge in [-0.2, -0.15) is 0 Å². The molecular weight excluding hydrogens is 693 g/mol. The molecule has 7 rings (SSSR count). The fourth-order valence-corrected chi connectivity index (χ4v) is 9.89. The van der Waals surface area contributed by atoms with Crippen molar-refractivity contribution < 1.29 is 0 Å². The lowest BCUT2D eigenvalue weighted by Gasteiger charge is -2.24. The molecule has 0 spiro atoms. The van der Waals surface area contributed by atoms with E-state index in [-0.39, 0.29) is 7.43 Å². The Bertz CT molecular complexity index is 555. The Kier molecular flexibility index (Phi) is 42.4. The Morgan fingerprint density at radius 3 is 0.509 bits per heavy atom. The molecule has 4 saturated heterocycles. The maximum Gasteiger partial charge on any atom is -0.00188 e. The van der Waals surface area contributed by atoms with E-state index in [1.54, 1.807) is 0 Å². The molecule has 4 aliphatic heterocycles. The molecule has 0 aromatic carbocycles. The highest BCUT2D eigenvalue weighted by atomic mass is 15.1. The Morgan fingerprint density at radius 1 is 0.246 bits per heavy atom. The molecule has 0 unspecified atom stereocenters. The number of piperidine rings is 4. The third-order valence-corrected chi connectivity index (χ3v) is 14.5. The van der Waals surface area contributed by atoms with E-state index in [0.717, 1.165) is 17.8 Å². The maximum atomic E-state index is 2.52. The van der Waals surface area contributed by atoms with Crippen molar-refractivity contribution in [3.05, 3.63) is 0 Å². The van der Waals surface area contributed by atoms with Crippen LogP contribution in [-0.2, 0) is 0 Å². The molecule has 0 bridgehead atoms. The monoisotopic (exact) mass is 805 g/mol. The Balaban J connectivity index is 0.000000640. The SMILES string of the molecule is C.CCC1CCCCC1.CCC1CCCCC1.CCC1CCCCC1.CCN1CCCCC1.CCN1CCCCC1.CCN1CCCCC1.CCN1CCCCC1. The summed E-state index contributed by atoms with van der Waals surface area (Å²) in [6.45, 7) is 31.7. The lowest BCUT2D eigenvalue weighted by molar-refractivity contribution is 0.240. The van der Waals surface area contributed by atoms with Crippen molar-refractivity contribution in [2.45, 2.75) is 249 Å². The summed E-state index contributed by atoms with van der Waals surface area (Å²) in [5, 5.41) is 0. The van der Waals surface area contributed by atoms with Gasteiger partial charge in [0, 0.05) is 0 Å². The molecule has 7 fully saturated rings. The van der Waals surface area contributed by atoms with Gasteiger partial charge in [0.1, 0.15) is 0 Å². The predicted molar refractivity (Wildman–Crippen MR) is 261 cm³/mol. The van der Waals surface area contributed by atoms with Crippen molar-refractivity contribution in [3.63, 3.8) is 0 Å². The van der Waals surface area contributed by atoms with E-state index in [4.69, 9.17) is 0 Å². The van der Waals surface area contributed by atoms with Crippen molar-refractivity contribution in [1.82, 2.24) is 19.6 Å². The number of likely N-dealkylation sites (tertiary alicyclic amines) is 4. The third kappa shape index (κ3) is 33.2. The van der Waals surface area contributed by atoms with E-state index in [0.29, 0.717) is 0 Å². The van der Waals surface area contributed by atoms with Crippen LogP contribution in [0.25, 0.3) is 0 Å². The van der Waals surface area contributed by atoms with E-state index >= 15 is 0 Å². The van der Waals surface area contributed by atoms with Crippen LogP contribution in [0, 0.1) is 17.8 Å². The number of nitrogens with zero attached hydrogens (tertiary/aromatic N) is 4. The van der Waals surface area contributed by atoms with Crippen LogP contribution in [0.15, 0.2) is 0 Å². The number of hydrogen-bond acceptors (Lipinski definition) is 4. The van der Waals surface area contributed by atoms with Gasteiger partial charge in [0.2, 0.25) is 0 Å².